The van der Waals surface area contributed by atoms with Crippen LogP contribution in [0.2, 0.25) is 0 Å². The van der Waals surface area contributed by atoms with E-state index < -0.39 is 5.60 Å². The number of nitrogens with two attached hydrogens (primary N) is 1. The molecule has 0 aliphatic carbocycles. The van der Waals surface area contributed by atoms with E-state index in [-0.39, 0.29) is 11.8 Å². The zero-order chi connectivity index (χ0) is 13.5. The molecule has 0 fully saturated rings. The lowest BCUT2D eigenvalue weighted by atomic mass is 9.94. The van der Waals surface area contributed by atoms with Crippen molar-refractivity contribution in [1.29, 1.82) is 0 Å². The van der Waals surface area contributed by atoms with Gasteiger partial charge in [-0.2, -0.15) is 0 Å². The minimum absolute atomic E-state index is 0.0187. The van der Waals surface area contributed by atoms with Crippen LogP contribution in [0.5, 0.6) is 0 Å². The maximum Gasteiger partial charge on any atom is 0.220 e. The second-order valence-electron chi connectivity index (χ2n) is 5.56. The van der Waals surface area contributed by atoms with Gasteiger partial charge in [-0.25, -0.2) is 0 Å². The number of nitrogens with one attached hydrogen (secondary N) is 1. The predicted octanol–water partition coefficient (Wildman–Crippen LogP) is 1.27. The van der Waals surface area contributed by atoms with E-state index in [1.807, 2.05) is 6.92 Å². The van der Waals surface area contributed by atoms with Crippen molar-refractivity contribution < 1.29 is 9.90 Å². The summed E-state index contributed by atoms with van der Waals surface area (Å²) in [5, 5.41) is 12.5. The number of rotatable bonds is 8. The van der Waals surface area contributed by atoms with E-state index in [0.29, 0.717) is 31.8 Å². The highest BCUT2D eigenvalue weighted by Crippen LogP contribution is 2.14. The van der Waals surface area contributed by atoms with Crippen molar-refractivity contribution >= 4 is 5.91 Å². The molecule has 0 radical (unpaired) electrons. The fourth-order valence-corrected chi connectivity index (χ4v) is 1.68. The fourth-order valence-electron chi connectivity index (χ4n) is 1.68. The SMILES string of the molecule is CCC(C)(O)CNC(=O)C[C@@H](CN)CC(C)C. The van der Waals surface area contributed by atoms with Gasteiger partial charge < -0.3 is 16.2 Å². The van der Waals surface area contributed by atoms with E-state index in [0.717, 1.165) is 6.42 Å². The maximum absolute atomic E-state index is 11.7. The molecule has 0 saturated carbocycles. The van der Waals surface area contributed by atoms with Gasteiger partial charge in [0.15, 0.2) is 0 Å². The summed E-state index contributed by atoms with van der Waals surface area (Å²) in [4.78, 5) is 11.7. The Morgan fingerprint density at radius 2 is 2.06 bits per heavy atom. The maximum atomic E-state index is 11.7. The Balaban J connectivity index is 3.99. The van der Waals surface area contributed by atoms with Crippen molar-refractivity contribution in [2.45, 2.75) is 52.6 Å². The summed E-state index contributed by atoms with van der Waals surface area (Å²) < 4.78 is 0. The Bertz CT molecular complexity index is 227. The molecule has 17 heavy (non-hydrogen) atoms. The van der Waals surface area contributed by atoms with Gasteiger partial charge in [-0.15, -0.1) is 0 Å². The molecular weight excluding hydrogens is 216 g/mol. The highest BCUT2D eigenvalue weighted by molar-refractivity contribution is 5.76. The first-order valence-corrected chi connectivity index (χ1v) is 6.49. The van der Waals surface area contributed by atoms with Crippen LogP contribution in [0.25, 0.3) is 0 Å². The van der Waals surface area contributed by atoms with Crippen LogP contribution in [-0.2, 0) is 4.79 Å². The second-order valence-corrected chi connectivity index (χ2v) is 5.56. The van der Waals surface area contributed by atoms with Crippen molar-refractivity contribution in [3.8, 4) is 0 Å². The average molecular weight is 244 g/mol. The quantitative estimate of drug-likeness (QED) is 0.602. The highest BCUT2D eigenvalue weighted by Gasteiger charge is 2.20. The zero-order valence-electron chi connectivity index (χ0n) is 11.6. The third-order valence-electron chi connectivity index (χ3n) is 3.04. The Kier molecular flexibility index (Phi) is 7.39. The van der Waals surface area contributed by atoms with Crippen molar-refractivity contribution in [2.75, 3.05) is 13.1 Å². The molecule has 2 atom stereocenters. The van der Waals surface area contributed by atoms with Crippen molar-refractivity contribution in [3.63, 3.8) is 0 Å². The number of aliphatic hydroxyl groups is 1. The first-order chi connectivity index (χ1) is 7.80. The van der Waals surface area contributed by atoms with E-state index in [2.05, 4.69) is 19.2 Å². The fraction of sp³-hybridized carbons (Fsp3) is 0.923. The molecule has 0 aromatic carbocycles. The van der Waals surface area contributed by atoms with Gasteiger partial charge in [0.1, 0.15) is 0 Å². The van der Waals surface area contributed by atoms with Crippen molar-refractivity contribution in [3.05, 3.63) is 0 Å². The standard InChI is InChI=1S/C13H28N2O2/c1-5-13(4,17)9-15-12(16)7-11(8-14)6-10(2)3/h10-11,17H,5-9,14H2,1-4H3,(H,15,16)/t11-,13?/m0/s1. The molecule has 1 amide bonds. The summed E-state index contributed by atoms with van der Waals surface area (Å²) in [6.45, 7) is 8.72. The first-order valence-electron chi connectivity index (χ1n) is 6.49. The van der Waals surface area contributed by atoms with Crippen LogP contribution in [0.3, 0.4) is 0 Å². The van der Waals surface area contributed by atoms with Crippen LogP contribution >= 0.6 is 0 Å². The van der Waals surface area contributed by atoms with E-state index in [4.69, 9.17) is 5.73 Å². The summed E-state index contributed by atoms with van der Waals surface area (Å²) in [7, 11) is 0. The average Bonchev–Trinajstić information content (AvgIpc) is 2.25. The largest absolute Gasteiger partial charge is 0.388 e. The molecule has 0 aromatic rings. The minimum atomic E-state index is -0.814. The zero-order valence-corrected chi connectivity index (χ0v) is 11.6. The lowest BCUT2D eigenvalue weighted by Gasteiger charge is -2.22. The molecular formula is C13H28N2O2. The molecule has 4 N–H and O–H groups in total. The number of amides is 1. The van der Waals surface area contributed by atoms with E-state index >= 15 is 0 Å². The lowest BCUT2D eigenvalue weighted by Crippen LogP contribution is -2.41. The van der Waals surface area contributed by atoms with E-state index in [1.165, 1.54) is 0 Å². The third kappa shape index (κ3) is 8.16. The molecule has 0 aromatic heterocycles. The predicted molar refractivity (Wildman–Crippen MR) is 70.5 cm³/mol. The third-order valence-corrected chi connectivity index (χ3v) is 3.04. The molecule has 1 unspecified atom stereocenters. The molecule has 4 heteroatoms. The molecule has 0 spiro atoms. The van der Waals surface area contributed by atoms with Crippen LogP contribution in [0.1, 0.15) is 47.0 Å². The molecule has 102 valence electrons. The van der Waals surface area contributed by atoms with Crippen molar-refractivity contribution in [2.24, 2.45) is 17.6 Å². The van der Waals surface area contributed by atoms with Crippen LogP contribution in [-0.4, -0.2) is 29.7 Å². The monoisotopic (exact) mass is 244 g/mol. The molecule has 0 saturated heterocycles. The van der Waals surface area contributed by atoms with Crippen LogP contribution in [0, 0.1) is 11.8 Å². The smallest absolute Gasteiger partial charge is 0.220 e. The summed E-state index contributed by atoms with van der Waals surface area (Å²) in [5.41, 5.74) is 4.83. The molecule has 0 aliphatic heterocycles. The summed E-state index contributed by atoms with van der Waals surface area (Å²) in [6, 6.07) is 0. The van der Waals surface area contributed by atoms with Gasteiger partial charge in [-0.05, 0) is 38.1 Å². The molecule has 0 rings (SSSR count). The number of carbonyl (C=O) groups is 1. The topological polar surface area (TPSA) is 75.3 Å². The lowest BCUT2D eigenvalue weighted by molar-refractivity contribution is -0.123. The van der Waals surface area contributed by atoms with Gasteiger partial charge in [0, 0.05) is 13.0 Å². The minimum Gasteiger partial charge on any atom is -0.388 e. The van der Waals surface area contributed by atoms with E-state index in [9.17, 15) is 9.90 Å². The van der Waals surface area contributed by atoms with Crippen LogP contribution in [0.4, 0.5) is 0 Å². The van der Waals surface area contributed by atoms with Gasteiger partial charge in [-0.1, -0.05) is 20.8 Å². The molecule has 0 aliphatic rings. The van der Waals surface area contributed by atoms with Gasteiger partial charge in [-0.3, -0.25) is 4.79 Å². The Labute approximate surface area is 105 Å². The van der Waals surface area contributed by atoms with Gasteiger partial charge in [0.25, 0.3) is 0 Å². The van der Waals surface area contributed by atoms with Crippen LogP contribution in [0.15, 0.2) is 0 Å². The van der Waals surface area contributed by atoms with Gasteiger partial charge in [0.2, 0.25) is 5.91 Å². The van der Waals surface area contributed by atoms with Crippen molar-refractivity contribution in [1.82, 2.24) is 5.32 Å². The highest BCUT2D eigenvalue weighted by atomic mass is 16.3. The Morgan fingerprint density at radius 3 is 2.47 bits per heavy atom. The molecule has 4 nitrogen and oxygen atoms in total. The van der Waals surface area contributed by atoms with E-state index in [1.54, 1.807) is 6.92 Å². The Morgan fingerprint density at radius 1 is 1.47 bits per heavy atom. The van der Waals surface area contributed by atoms with Gasteiger partial charge >= 0.3 is 0 Å². The summed E-state index contributed by atoms with van der Waals surface area (Å²) in [6.07, 6.45) is 2.04. The number of carbonyl (C=O) groups excluding carboxylic acids is 1. The molecule has 0 bridgehead atoms. The van der Waals surface area contributed by atoms with Gasteiger partial charge in [0.05, 0.1) is 5.60 Å². The summed E-state index contributed by atoms with van der Waals surface area (Å²) in [5.74, 6) is 0.770. The Hall–Kier alpha value is -0.610. The first kappa shape index (κ1) is 16.4. The normalized spacial score (nSPS) is 16.6. The second kappa shape index (κ2) is 7.67. The number of hydrogen-bond donors (Lipinski definition) is 3. The summed E-state index contributed by atoms with van der Waals surface area (Å²) >= 11 is 0. The molecule has 0 heterocycles. The van der Waals surface area contributed by atoms with Crippen LogP contribution < -0.4 is 11.1 Å². The number of hydrogen-bond acceptors (Lipinski definition) is 3.